The number of ether oxygens (including phenoxy) is 2. The molecule has 0 spiro atoms. The van der Waals surface area contributed by atoms with Gasteiger partial charge in [0.25, 0.3) is 0 Å². The Morgan fingerprint density at radius 3 is 2.92 bits per heavy atom. The molecular weight excluding hydrogens is 160 g/mol. The van der Waals surface area contributed by atoms with E-state index in [-0.39, 0.29) is 6.10 Å². The molecule has 2 saturated heterocycles. The fraction of sp³-hybridized carbons (Fsp3) is 0.500. The molecule has 0 amide bonds. The van der Waals surface area contributed by atoms with E-state index in [1.807, 2.05) is 0 Å². The number of carbonyl (C=O) groups excluding carboxylic acids is 2. The molecule has 2 atom stereocenters. The summed E-state index contributed by atoms with van der Waals surface area (Å²) in [6.45, 7) is 0. The Hall–Kier alpha value is -1.32. The number of esters is 2. The Morgan fingerprint density at radius 1 is 1.33 bits per heavy atom. The molecule has 2 bridgehead atoms. The predicted octanol–water partition coefficient (Wildman–Crippen LogP) is 0.133. The van der Waals surface area contributed by atoms with E-state index in [9.17, 15) is 9.59 Å². The molecule has 0 aromatic carbocycles. The number of allylic oxidation sites excluding steroid dienone is 1. The van der Waals surface area contributed by atoms with E-state index in [2.05, 4.69) is 4.74 Å². The van der Waals surface area contributed by atoms with E-state index >= 15 is 0 Å². The van der Waals surface area contributed by atoms with Gasteiger partial charge in [0.2, 0.25) is 0 Å². The largest absolute Gasteiger partial charge is 0.493 e. The molecule has 62 valence electrons. The van der Waals surface area contributed by atoms with Crippen LogP contribution in [0.25, 0.3) is 0 Å². The van der Waals surface area contributed by atoms with Gasteiger partial charge in [-0.15, -0.1) is 0 Å². The highest BCUT2D eigenvalue weighted by Gasteiger charge is 2.54. The van der Waals surface area contributed by atoms with Crippen LogP contribution in [0, 0.1) is 5.92 Å². The lowest BCUT2D eigenvalue weighted by Crippen LogP contribution is -2.21. The average molecular weight is 166 g/mol. The summed E-state index contributed by atoms with van der Waals surface area (Å²) in [5.41, 5.74) is 0.483. The lowest BCUT2D eigenvalue weighted by molar-refractivity contribution is -0.154. The molecule has 0 aromatic rings. The Balaban J connectivity index is 2.18. The molecule has 0 aromatic heterocycles. The van der Waals surface area contributed by atoms with Crippen LogP contribution in [0.5, 0.6) is 0 Å². The van der Waals surface area contributed by atoms with Crippen molar-refractivity contribution < 1.29 is 19.1 Å². The normalized spacial score (nSPS) is 37.0. The third kappa shape index (κ3) is 0.510. The fourth-order valence-electron chi connectivity index (χ4n) is 2.09. The first kappa shape index (κ1) is 6.22. The van der Waals surface area contributed by atoms with Gasteiger partial charge in [-0.2, -0.15) is 0 Å². The zero-order valence-electron chi connectivity index (χ0n) is 6.20. The summed E-state index contributed by atoms with van der Waals surface area (Å²) < 4.78 is 9.83. The van der Waals surface area contributed by atoms with Crippen molar-refractivity contribution in [3.05, 3.63) is 11.3 Å². The summed E-state index contributed by atoms with van der Waals surface area (Å²) >= 11 is 0. The molecule has 0 saturated carbocycles. The van der Waals surface area contributed by atoms with E-state index in [0.29, 0.717) is 11.3 Å². The molecule has 0 unspecified atom stereocenters. The van der Waals surface area contributed by atoms with Gasteiger partial charge >= 0.3 is 11.9 Å². The highest BCUT2D eigenvalue weighted by atomic mass is 16.6. The lowest BCUT2D eigenvalue weighted by atomic mass is 9.89. The monoisotopic (exact) mass is 166 g/mol. The minimum Gasteiger partial charge on any atom is -0.493 e. The molecule has 4 nitrogen and oxygen atoms in total. The van der Waals surface area contributed by atoms with Crippen molar-refractivity contribution in [2.45, 2.75) is 18.9 Å². The van der Waals surface area contributed by atoms with Gasteiger partial charge in [-0.3, -0.25) is 4.79 Å². The van der Waals surface area contributed by atoms with Gasteiger partial charge in [0.05, 0.1) is 5.57 Å². The van der Waals surface area contributed by atoms with Crippen LogP contribution in [0.3, 0.4) is 0 Å². The van der Waals surface area contributed by atoms with Crippen molar-refractivity contribution in [2.24, 2.45) is 5.92 Å². The van der Waals surface area contributed by atoms with Gasteiger partial charge in [-0.05, 0) is 6.42 Å². The van der Waals surface area contributed by atoms with Crippen molar-refractivity contribution in [3.63, 3.8) is 0 Å². The van der Waals surface area contributed by atoms with Crippen LogP contribution in [0.15, 0.2) is 11.3 Å². The predicted molar refractivity (Wildman–Crippen MR) is 35.7 cm³/mol. The first-order chi connectivity index (χ1) is 5.77. The SMILES string of the molecule is O=C1OC(=O)[C@@H]2C1=C1CC[C@@H]2O1. The summed E-state index contributed by atoms with van der Waals surface area (Å²) in [5, 5.41) is 0. The van der Waals surface area contributed by atoms with Crippen molar-refractivity contribution in [3.8, 4) is 0 Å². The quantitative estimate of drug-likeness (QED) is 0.379. The van der Waals surface area contributed by atoms with Gasteiger partial charge in [0.1, 0.15) is 17.8 Å². The second kappa shape index (κ2) is 1.71. The molecule has 3 heterocycles. The van der Waals surface area contributed by atoms with E-state index in [1.165, 1.54) is 0 Å². The van der Waals surface area contributed by atoms with Gasteiger partial charge in [-0.1, -0.05) is 0 Å². The minimum atomic E-state index is -0.498. The van der Waals surface area contributed by atoms with Crippen molar-refractivity contribution >= 4 is 11.9 Å². The molecule has 3 rings (SSSR count). The third-order valence-corrected chi connectivity index (χ3v) is 2.60. The molecule has 12 heavy (non-hydrogen) atoms. The van der Waals surface area contributed by atoms with Crippen LogP contribution in [-0.2, 0) is 19.1 Å². The molecule has 2 fully saturated rings. The van der Waals surface area contributed by atoms with Crippen LogP contribution in [0.2, 0.25) is 0 Å². The third-order valence-electron chi connectivity index (χ3n) is 2.60. The van der Waals surface area contributed by atoms with Gasteiger partial charge in [0, 0.05) is 6.42 Å². The Morgan fingerprint density at radius 2 is 2.17 bits per heavy atom. The first-order valence-corrected chi connectivity index (χ1v) is 3.93. The molecule has 0 radical (unpaired) electrons. The maximum Gasteiger partial charge on any atom is 0.346 e. The number of hydrogen-bond donors (Lipinski definition) is 0. The van der Waals surface area contributed by atoms with Crippen LogP contribution >= 0.6 is 0 Å². The maximum absolute atomic E-state index is 11.1. The summed E-state index contributed by atoms with van der Waals surface area (Å²) in [6.07, 6.45) is 1.50. The van der Waals surface area contributed by atoms with E-state index in [4.69, 9.17) is 4.74 Å². The second-order valence-electron chi connectivity index (χ2n) is 3.22. The first-order valence-electron chi connectivity index (χ1n) is 3.93. The molecule has 3 aliphatic heterocycles. The van der Waals surface area contributed by atoms with Crippen LogP contribution in [0.1, 0.15) is 12.8 Å². The lowest BCUT2D eigenvalue weighted by Gasteiger charge is -2.07. The second-order valence-corrected chi connectivity index (χ2v) is 3.22. The summed E-state index contributed by atoms with van der Waals surface area (Å²) in [4.78, 5) is 22.2. The fourth-order valence-corrected chi connectivity index (χ4v) is 2.09. The standard InChI is InChI=1S/C8H6O4/c9-7-5-3-1-2-4(11-3)6(5)8(10)12-7/h3,5H,1-2H2/t3-,5-/m0/s1. The number of hydrogen-bond acceptors (Lipinski definition) is 4. The van der Waals surface area contributed by atoms with Gasteiger partial charge in [0.15, 0.2) is 0 Å². The Labute approximate surface area is 68.1 Å². The van der Waals surface area contributed by atoms with E-state index in [1.54, 1.807) is 0 Å². The van der Waals surface area contributed by atoms with Crippen molar-refractivity contribution in [1.82, 2.24) is 0 Å². The number of cyclic esters (lactones) is 2. The molecule has 4 heteroatoms. The smallest absolute Gasteiger partial charge is 0.346 e. The Kier molecular flexibility index (Phi) is 0.885. The zero-order valence-corrected chi connectivity index (χ0v) is 6.20. The number of fused-ring (bicyclic) bond motifs is 4. The minimum absolute atomic E-state index is 0.117. The average Bonchev–Trinajstić information content (AvgIpc) is 2.64. The van der Waals surface area contributed by atoms with Gasteiger partial charge < -0.3 is 9.47 Å². The Bertz CT molecular complexity index is 328. The van der Waals surface area contributed by atoms with Gasteiger partial charge in [-0.25, -0.2) is 4.79 Å². The topological polar surface area (TPSA) is 52.6 Å². The summed E-state index contributed by atoms with van der Waals surface area (Å²) in [6, 6.07) is 0. The molecular formula is C8H6O4. The molecule has 0 N–H and O–H groups in total. The maximum atomic E-state index is 11.1. The zero-order chi connectivity index (χ0) is 8.29. The van der Waals surface area contributed by atoms with Crippen molar-refractivity contribution in [2.75, 3.05) is 0 Å². The van der Waals surface area contributed by atoms with E-state index < -0.39 is 17.9 Å². The number of carbonyl (C=O) groups is 2. The van der Waals surface area contributed by atoms with Crippen molar-refractivity contribution in [1.29, 1.82) is 0 Å². The van der Waals surface area contributed by atoms with Crippen LogP contribution in [-0.4, -0.2) is 18.0 Å². The molecule has 0 aliphatic carbocycles. The van der Waals surface area contributed by atoms with Crippen LogP contribution < -0.4 is 0 Å². The van der Waals surface area contributed by atoms with Crippen LogP contribution in [0.4, 0.5) is 0 Å². The highest BCUT2D eigenvalue weighted by Crippen LogP contribution is 2.46. The summed E-state index contributed by atoms with van der Waals surface area (Å²) in [7, 11) is 0. The number of rotatable bonds is 0. The summed E-state index contributed by atoms with van der Waals surface area (Å²) in [5.74, 6) is -0.654. The molecule has 3 aliphatic rings. The van der Waals surface area contributed by atoms with E-state index in [0.717, 1.165) is 12.8 Å². The highest BCUT2D eigenvalue weighted by molar-refractivity contribution is 6.09.